The highest BCUT2D eigenvalue weighted by molar-refractivity contribution is 7.81. The van der Waals surface area contributed by atoms with Crippen LogP contribution in [0.2, 0.25) is 0 Å². The lowest BCUT2D eigenvalue weighted by molar-refractivity contribution is 0.538. The lowest BCUT2D eigenvalue weighted by Gasteiger charge is -2.00. The summed E-state index contributed by atoms with van der Waals surface area (Å²) >= 11 is -0.796. The molecule has 1 unspecified atom stereocenters. The van der Waals surface area contributed by atoms with E-state index in [1.807, 2.05) is 0 Å². The highest BCUT2D eigenvalue weighted by Crippen LogP contribution is 2.17. The fourth-order valence-corrected chi connectivity index (χ4v) is 1.99. The molecular weight excluding hydrogens is 156 g/mol. The van der Waals surface area contributed by atoms with E-state index in [-0.39, 0.29) is 0 Å². The molecule has 0 N–H and O–H groups in total. The van der Waals surface area contributed by atoms with Crippen molar-refractivity contribution in [2.75, 3.05) is 0 Å². The molecule has 0 saturated carbocycles. The largest absolute Gasteiger partial charge is 0.768 e. The molecular formula is C5H5O2S2-. The summed E-state index contributed by atoms with van der Waals surface area (Å²) in [6.07, 6.45) is 0. The Morgan fingerprint density at radius 1 is 1.78 bits per heavy atom. The van der Waals surface area contributed by atoms with Gasteiger partial charge in [-0.05, 0) is 35.0 Å². The predicted octanol–water partition coefficient (Wildman–Crippen LogP) is 1.29. The van der Waals surface area contributed by atoms with Gasteiger partial charge >= 0.3 is 0 Å². The molecule has 0 aliphatic carbocycles. The second kappa shape index (κ2) is 2.60. The van der Waals surface area contributed by atoms with E-state index in [2.05, 4.69) is 0 Å². The van der Waals surface area contributed by atoms with Gasteiger partial charge in [0.05, 0.1) is 4.21 Å². The quantitative estimate of drug-likeness (QED) is 0.582. The van der Waals surface area contributed by atoms with Crippen LogP contribution in [0.4, 0.5) is 0 Å². The molecule has 0 bridgehead atoms. The van der Waals surface area contributed by atoms with Crippen LogP contribution in [0.15, 0.2) is 15.7 Å². The van der Waals surface area contributed by atoms with Gasteiger partial charge in [0.15, 0.2) is 0 Å². The molecule has 0 aromatic carbocycles. The number of aryl methyl sites for hydroxylation is 1. The van der Waals surface area contributed by atoms with Crippen LogP contribution in [0.25, 0.3) is 0 Å². The van der Waals surface area contributed by atoms with Crippen LogP contribution in [-0.4, -0.2) is 8.76 Å². The van der Waals surface area contributed by atoms with Gasteiger partial charge < -0.3 is 4.55 Å². The van der Waals surface area contributed by atoms with Gasteiger partial charge in [-0.25, -0.2) is 0 Å². The van der Waals surface area contributed by atoms with Crippen molar-refractivity contribution >= 4 is 22.4 Å². The van der Waals surface area contributed by atoms with E-state index >= 15 is 0 Å². The third-order valence-electron chi connectivity index (χ3n) is 0.966. The normalized spacial score (nSPS) is 13.6. The van der Waals surface area contributed by atoms with Gasteiger partial charge in [0, 0.05) is 0 Å². The fourth-order valence-electron chi connectivity index (χ4n) is 0.530. The van der Waals surface area contributed by atoms with E-state index in [0.29, 0.717) is 4.21 Å². The van der Waals surface area contributed by atoms with E-state index in [1.54, 1.807) is 18.4 Å². The molecule has 1 aromatic heterocycles. The lowest BCUT2D eigenvalue weighted by Crippen LogP contribution is -1.84. The molecule has 0 aliphatic heterocycles. The van der Waals surface area contributed by atoms with Crippen molar-refractivity contribution in [2.24, 2.45) is 0 Å². The van der Waals surface area contributed by atoms with Crippen LogP contribution in [0.5, 0.6) is 0 Å². The zero-order valence-electron chi connectivity index (χ0n) is 4.79. The zero-order chi connectivity index (χ0) is 6.85. The van der Waals surface area contributed by atoms with E-state index < -0.39 is 11.1 Å². The van der Waals surface area contributed by atoms with Crippen LogP contribution >= 0.6 is 11.3 Å². The minimum atomic E-state index is -2.04. The van der Waals surface area contributed by atoms with Gasteiger partial charge in [0.25, 0.3) is 0 Å². The van der Waals surface area contributed by atoms with Crippen LogP contribution in [0.3, 0.4) is 0 Å². The minimum absolute atomic E-state index is 0.440. The van der Waals surface area contributed by atoms with Crippen LogP contribution in [0.1, 0.15) is 5.56 Å². The molecule has 0 saturated heterocycles. The van der Waals surface area contributed by atoms with Gasteiger partial charge in [0.2, 0.25) is 0 Å². The van der Waals surface area contributed by atoms with Gasteiger partial charge in [-0.15, -0.1) is 11.3 Å². The van der Waals surface area contributed by atoms with E-state index in [0.717, 1.165) is 5.56 Å². The molecule has 0 spiro atoms. The molecule has 9 heavy (non-hydrogen) atoms. The topological polar surface area (TPSA) is 40.1 Å². The molecule has 0 amide bonds. The van der Waals surface area contributed by atoms with Gasteiger partial charge in [-0.1, -0.05) is 0 Å². The van der Waals surface area contributed by atoms with E-state index in [9.17, 15) is 8.76 Å². The molecule has 4 heteroatoms. The molecule has 1 aromatic rings. The van der Waals surface area contributed by atoms with Crippen molar-refractivity contribution in [1.29, 1.82) is 0 Å². The zero-order valence-corrected chi connectivity index (χ0v) is 6.42. The highest BCUT2D eigenvalue weighted by Gasteiger charge is 1.96. The van der Waals surface area contributed by atoms with Crippen molar-refractivity contribution < 1.29 is 8.76 Å². The fraction of sp³-hybridized carbons (Fsp3) is 0.200. The van der Waals surface area contributed by atoms with E-state index in [4.69, 9.17) is 0 Å². The van der Waals surface area contributed by atoms with Gasteiger partial charge in [-0.3, -0.25) is 4.21 Å². The van der Waals surface area contributed by atoms with Crippen molar-refractivity contribution in [3.63, 3.8) is 0 Å². The molecule has 1 heterocycles. The molecule has 0 aliphatic rings. The Morgan fingerprint density at radius 2 is 2.44 bits per heavy atom. The Kier molecular flexibility index (Phi) is 2.00. The monoisotopic (exact) mass is 161 g/mol. The Balaban J connectivity index is 3.08. The molecule has 0 fully saturated rings. The first-order chi connectivity index (χ1) is 4.22. The molecule has 50 valence electrons. The standard InChI is InChI=1S/C5H6O2S2/c1-4-2-3-8-5(4)9(6)7/h2-3H,1H3,(H,6,7)/p-1. The summed E-state index contributed by atoms with van der Waals surface area (Å²) in [5.41, 5.74) is 0.827. The van der Waals surface area contributed by atoms with Crippen LogP contribution in [-0.2, 0) is 11.1 Å². The second-order valence-electron chi connectivity index (χ2n) is 1.63. The van der Waals surface area contributed by atoms with Crippen molar-refractivity contribution in [3.8, 4) is 0 Å². The number of thiophene rings is 1. The number of hydrogen-bond donors (Lipinski definition) is 0. The van der Waals surface area contributed by atoms with Crippen molar-refractivity contribution in [3.05, 3.63) is 17.0 Å². The third-order valence-corrected chi connectivity index (χ3v) is 3.10. The minimum Gasteiger partial charge on any atom is -0.768 e. The van der Waals surface area contributed by atoms with E-state index in [1.165, 1.54) is 11.3 Å². The summed E-state index contributed by atoms with van der Waals surface area (Å²) in [7, 11) is 0. The molecule has 0 radical (unpaired) electrons. The maximum absolute atomic E-state index is 10.3. The Labute approximate surface area is 59.8 Å². The summed E-state index contributed by atoms with van der Waals surface area (Å²) in [5, 5.41) is 1.76. The second-order valence-corrected chi connectivity index (χ2v) is 3.68. The Morgan fingerprint density at radius 3 is 2.67 bits per heavy atom. The number of rotatable bonds is 1. The maximum Gasteiger partial charge on any atom is 0.0800 e. The summed E-state index contributed by atoms with van der Waals surface area (Å²) in [6, 6.07) is 1.79. The smallest absolute Gasteiger partial charge is 0.0800 e. The first-order valence-electron chi connectivity index (χ1n) is 2.35. The average molecular weight is 161 g/mol. The maximum atomic E-state index is 10.3. The van der Waals surface area contributed by atoms with Crippen LogP contribution in [0, 0.1) is 6.92 Å². The van der Waals surface area contributed by atoms with Gasteiger partial charge in [-0.2, -0.15) is 0 Å². The summed E-state index contributed by atoms with van der Waals surface area (Å²) < 4.78 is 21.0. The first-order valence-corrected chi connectivity index (χ1v) is 4.30. The van der Waals surface area contributed by atoms with Crippen molar-refractivity contribution in [1.82, 2.24) is 0 Å². The third kappa shape index (κ3) is 1.38. The molecule has 1 rings (SSSR count). The highest BCUT2D eigenvalue weighted by atomic mass is 32.2. The predicted molar refractivity (Wildman–Crippen MR) is 36.2 cm³/mol. The average Bonchev–Trinajstić information content (AvgIpc) is 2.13. The summed E-state index contributed by atoms with van der Waals surface area (Å²) in [4.78, 5) is 0. The molecule has 1 atom stereocenters. The summed E-state index contributed by atoms with van der Waals surface area (Å²) in [5.74, 6) is 0. The van der Waals surface area contributed by atoms with Crippen LogP contribution < -0.4 is 0 Å². The Hall–Kier alpha value is -0.190. The summed E-state index contributed by atoms with van der Waals surface area (Å²) in [6.45, 7) is 1.78. The number of hydrogen-bond acceptors (Lipinski definition) is 3. The molecule has 2 nitrogen and oxygen atoms in total. The Bertz CT molecular complexity index is 229. The SMILES string of the molecule is Cc1ccsc1S(=O)[O-]. The van der Waals surface area contributed by atoms with Gasteiger partial charge in [0.1, 0.15) is 0 Å². The first kappa shape index (κ1) is 6.92. The van der Waals surface area contributed by atoms with Crippen molar-refractivity contribution in [2.45, 2.75) is 11.1 Å². The lowest BCUT2D eigenvalue weighted by atomic mass is 10.4.